The fourth-order valence-electron chi connectivity index (χ4n) is 12.6. The number of anilines is 2. The van der Waals surface area contributed by atoms with Crippen molar-refractivity contribution in [2.75, 3.05) is 38.9 Å². The van der Waals surface area contributed by atoms with Crippen LogP contribution in [-0.2, 0) is 33.4 Å². The van der Waals surface area contributed by atoms with E-state index >= 15 is 4.57 Å². The van der Waals surface area contributed by atoms with Crippen molar-refractivity contribution in [1.82, 2.24) is 44.1 Å². The van der Waals surface area contributed by atoms with Crippen molar-refractivity contribution in [3.63, 3.8) is 0 Å². The van der Waals surface area contributed by atoms with Gasteiger partial charge in [0.1, 0.15) is 71.6 Å². The monoisotopic (exact) mass is 999 g/mol. The maximum atomic E-state index is 16.1. The Balaban J connectivity index is 0.901. The van der Waals surface area contributed by atoms with Gasteiger partial charge in [-0.1, -0.05) is 54.6 Å². The van der Waals surface area contributed by atoms with Crippen LogP contribution in [0.5, 0.6) is 11.5 Å². The number of methoxy groups -OCH3 is 2. The Morgan fingerprint density at radius 3 is 1.74 bits per heavy atom. The van der Waals surface area contributed by atoms with E-state index in [1.165, 1.54) is 31.9 Å². The summed E-state index contributed by atoms with van der Waals surface area (Å²) in [7, 11) is -1.04. The molecule has 4 aliphatic carbocycles. The molecule has 0 radical (unpaired) electrons. The summed E-state index contributed by atoms with van der Waals surface area (Å²) >= 11 is 0. The van der Waals surface area contributed by atoms with Gasteiger partial charge in [-0.3, -0.25) is 18.2 Å². The first kappa shape index (κ1) is 46.9. The number of benzene rings is 3. The fourth-order valence-corrected chi connectivity index (χ4v) is 14.5. The largest absolute Gasteiger partial charge is 0.497 e. The third kappa shape index (κ3) is 8.56. The molecule has 7 aromatic rings. The zero-order valence-corrected chi connectivity index (χ0v) is 40.9. The van der Waals surface area contributed by atoms with Crippen LogP contribution in [-0.4, -0.2) is 102 Å². The van der Waals surface area contributed by atoms with Gasteiger partial charge in [-0.05, 0) is 97.2 Å². The molecule has 6 heterocycles. The van der Waals surface area contributed by atoms with Gasteiger partial charge >= 0.3 is 7.75 Å². The molecule has 7 atom stereocenters. The molecular formula is C51H58N11O9P. The lowest BCUT2D eigenvalue weighted by atomic mass is 9.53. The average Bonchev–Trinajstić information content (AvgIpc) is 4.20. The predicted octanol–water partition coefficient (Wildman–Crippen LogP) is 6.86. The summed E-state index contributed by atoms with van der Waals surface area (Å²) in [5.74, 6) is 3.40. The Kier molecular flexibility index (Phi) is 12.2. The highest BCUT2D eigenvalue weighted by Crippen LogP contribution is 2.61. The van der Waals surface area contributed by atoms with Crippen molar-refractivity contribution in [2.45, 2.75) is 99.4 Å². The van der Waals surface area contributed by atoms with Gasteiger partial charge in [0, 0.05) is 18.4 Å². The average molecular weight is 1000 g/mol. The summed E-state index contributed by atoms with van der Waals surface area (Å²) in [6.45, 7) is -0.293. The summed E-state index contributed by atoms with van der Waals surface area (Å²) in [4.78, 5) is 26.1. The molecule has 4 bridgehead atoms. The highest BCUT2D eigenvalue weighted by molar-refractivity contribution is 7.51. The van der Waals surface area contributed by atoms with E-state index in [1.807, 2.05) is 78.9 Å². The number of nitrogens with zero attached hydrogens (tertiary/aromatic N) is 8. The van der Waals surface area contributed by atoms with Gasteiger partial charge in [-0.15, -0.1) is 0 Å². The normalized spacial score (nSPS) is 28.7. The molecule has 6 N–H and O–H groups in total. The van der Waals surface area contributed by atoms with Gasteiger partial charge in [0.2, 0.25) is 0 Å². The Morgan fingerprint density at radius 1 is 0.681 bits per heavy atom. The molecule has 21 heteroatoms. The molecule has 2 aliphatic heterocycles. The Bertz CT molecular complexity index is 3020. The summed E-state index contributed by atoms with van der Waals surface area (Å²) in [5, 5.41) is 15.1. The van der Waals surface area contributed by atoms with Gasteiger partial charge < -0.3 is 40.3 Å². The Hall–Kier alpha value is -6.09. The van der Waals surface area contributed by atoms with Crippen molar-refractivity contribution in [2.24, 2.45) is 17.8 Å². The van der Waals surface area contributed by atoms with E-state index in [4.69, 9.17) is 44.2 Å². The Morgan fingerprint density at radius 2 is 1.19 bits per heavy atom. The first-order chi connectivity index (χ1) is 35.0. The number of nitrogens with one attached hydrogen (secondary N) is 1. The van der Waals surface area contributed by atoms with Crippen LogP contribution < -0.4 is 26.0 Å². The number of aliphatic hydroxyl groups is 1. The maximum absolute atomic E-state index is 16.1. The van der Waals surface area contributed by atoms with Gasteiger partial charge in [-0.25, -0.2) is 39.6 Å². The number of aliphatic hydroxyl groups excluding tert-OH is 1. The fraction of sp³-hybridized carbons (Fsp3) is 0.451. The van der Waals surface area contributed by atoms with E-state index < -0.39 is 55.8 Å². The third-order valence-corrected chi connectivity index (χ3v) is 17.3. The van der Waals surface area contributed by atoms with E-state index in [-0.39, 0.29) is 37.7 Å². The molecule has 6 fully saturated rings. The second-order valence-corrected chi connectivity index (χ2v) is 21.7. The molecule has 1 unspecified atom stereocenters. The summed E-state index contributed by atoms with van der Waals surface area (Å²) in [5.41, 5.74) is 15.0. The molecule has 13 rings (SSSR count). The first-order valence-corrected chi connectivity index (χ1v) is 26.1. The van der Waals surface area contributed by atoms with Gasteiger partial charge in [0.15, 0.2) is 22.9 Å². The molecule has 3 aromatic carbocycles. The highest BCUT2D eigenvalue weighted by Gasteiger charge is 2.55. The van der Waals surface area contributed by atoms with Gasteiger partial charge in [0.05, 0.1) is 46.2 Å². The van der Waals surface area contributed by atoms with E-state index in [0.717, 1.165) is 36.0 Å². The molecule has 4 saturated carbocycles. The lowest BCUT2D eigenvalue weighted by Gasteiger charge is -2.57. The highest BCUT2D eigenvalue weighted by atomic mass is 31.2. The van der Waals surface area contributed by atoms with Crippen LogP contribution in [0.1, 0.15) is 80.5 Å². The molecule has 0 amide bonds. The van der Waals surface area contributed by atoms with E-state index in [1.54, 1.807) is 36.0 Å². The zero-order chi connectivity index (χ0) is 49.2. The molecule has 6 aliphatic rings. The van der Waals surface area contributed by atoms with Crippen molar-refractivity contribution in [3.8, 4) is 11.5 Å². The van der Waals surface area contributed by atoms with E-state index in [2.05, 4.69) is 35.0 Å². The van der Waals surface area contributed by atoms with Crippen LogP contribution in [0.25, 0.3) is 22.3 Å². The van der Waals surface area contributed by atoms with Crippen molar-refractivity contribution in [3.05, 3.63) is 121 Å². The lowest BCUT2D eigenvalue weighted by Crippen LogP contribution is -2.57. The number of ether oxygens (including phenoxy) is 5. The number of hydrogen-bond acceptors (Lipinski definition) is 17. The number of nitrogen functional groups attached to an aromatic ring is 2. The molecule has 376 valence electrons. The third-order valence-electron chi connectivity index (χ3n) is 15.5. The minimum Gasteiger partial charge on any atom is -0.497 e. The maximum Gasteiger partial charge on any atom is 0.406 e. The number of hydrogen-bond donors (Lipinski definition) is 4. The zero-order valence-electron chi connectivity index (χ0n) is 40.0. The van der Waals surface area contributed by atoms with Gasteiger partial charge in [-0.2, -0.15) is 0 Å². The predicted molar refractivity (Wildman–Crippen MR) is 263 cm³/mol. The molecular weight excluding hydrogens is 942 g/mol. The summed E-state index contributed by atoms with van der Waals surface area (Å²) < 4.78 is 65.3. The SMILES string of the molecule is COc1ccc(C(OC[C@H]2O[C@@H](n3cnc4c(N)ncnc43)C[C@@H]2OP(=O)(NC23CC4CC(CC(C4)C2)C3)OC[C@H]2O[C@@H](n3cnc4c(N)ncnc43)C[C@@H]2O)(c2ccccc2)c2ccc(OC)cc2)cc1. The van der Waals surface area contributed by atoms with Gasteiger partial charge in [0.25, 0.3) is 0 Å². The van der Waals surface area contributed by atoms with Crippen LogP contribution in [0.4, 0.5) is 11.6 Å². The molecule has 72 heavy (non-hydrogen) atoms. The smallest absolute Gasteiger partial charge is 0.406 e. The Labute approximate surface area is 415 Å². The standard InChI is InChI=1S/C51H58N11O9P/c1-65-36-12-8-34(9-13-36)51(33-6-4-3-5-7-33,35-10-14-37(66-2)15-11-35)67-24-41-39(20-43(70-41)62-29-59-45-47(53)55-27-57-49(45)62)71-72(64,60-50-21-30-16-31(22-50)18-32(17-30)23-50)68-25-40-38(63)19-42(69-40)61-28-58-44-46(52)54-26-56-48(44)61/h3-15,26-32,38-43,63H,16-25H2,1-2H3,(H,60,64)(H2,52,54,56)(H2,53,55,57)/t30?,31?,32?,38-,39-,40+,41+,42+,43+,50?,72?/m0/s1. The minimum absolute atomic E-state index is 0.0473. The van der Waals surface area contributed by atoms with Crippen LogP contribution in [0.15, 0.2) is 104 Å². The topological polar surface area (TPSA) is 253 Å². The van der Waals surface area contributed by atoms with Crippen LogP contribution in [0, 0.1) is 17.8 Å². The number of nitrogens with two attached hydrogens (primary N) is 2. The van der Waals surface area contributed by atoms with Crippen molar-refractivity contribution >= 4 is 41.7 Å². The molecule has 20 nitrogen and oxygen atoms in total. The van der Waals surface area contributed by atoms with E-state index in [9.17, 15) is 5.11 Å². The number of fused-ring (bicyclic) bond motifs is 2. The first-order valence-electron chi connectivity index (χ1n) is 24.6. The second-order valence-electron chi connectivity index (χ2n) is 20.0. The van der Waals surface area contributed by atoms with Crippen LogP contribution >= 0.6 is 7.75 Å². The number of aromatic nitrogens is 8. The van der Waals surface area contributed by atoms with Crippen LogP contribution in [0.3, 0.4) is 0 Å². The molecule has 0 spiro atoms. The molecule has 2 saturated heterocycles. The second kappa shape index (κ2) is 18.8. The van der Waals surface area contributed by atoms with Crippen molar-refractivity contribution < 1.29 is 42.4 Å². The summed E-state index contributed by atoms with van der Waals surface area (Å²) in [6.07, 6.45) is 7.48. The minimum atomic E-state index is -4.31. The number of rotatable bonds is 17. The van der Waals surface area contributed by atoms with Crippen molar-refractivity contribution in [1.29, 1.82) is 0 Å². The number of imidazole rings is 2. The van der Waals surface area contributed by atoms with E-state index in [0.29, 0.717) is 51.6 Å². The lowest BCUT2D eigenvalue weighted by molar-refractivity contribution is -0.0931. The quantitative estimate of drug-likeness (QED) is 0.0537. The molecule has 4 aromatic heterocycles. The van der Waals surface area contributed by atoms with Crippen LogP contribution in [0.2, 0.25) is 0 Å². The summed E-state index contributed by atoms with van der Waals surface area (Å²) in [6, 6.07) is 25.6.